The molecule has 106 valence electrons. The SMILES string of the molecule is CCCNC(C)(CCN(C)C1CCC1)C(=O)OC. The minimum Gasteiger partial charge on any atom is -0.468 e. The number of nitrogens with zero attached hydrogens (tertiary/aromatic N) is 1. The minimum absolute atomic E-state index is 0.155. The molecule has 0 amide bonds. The number of carbonyl (C=O) groups is 1. The van der Waals surface area contributed by atoms with Crippen LogP contribution in [0.5, 0.6) is 0 Å². The predicted octanol–water partition coefficient (Wildman–Crippen LogP) is 1.79. The molecule has 0 spiro atoms. The van der Waals surface area contributed by atoms with Crippen LogP contribution in [0.25, 0.3) is 0 Å². The molecule has 1 N–H and O–H groups in total. The van der Waals surface area contributed by atoms with Gasteiger partial charge in [0.1, 0.15) is 5.54 Å². The summed E-state index contributed by atoms with van der Waals surface area (Å²) in [5.74, 6) is -0.155. The molecule has 0 aromatic carbocycles. The van der Waals surface area contributed by atoms with Gasteiger partial charge in [-0.1, -0.05) is 13.3 Å². The Kier molecular flexibility index (Phi) is 6.09. The molecule has 1 aliphatic carbocycles. The summed E-state index contributed by atoms with van der Waals surface area (Å²) >= 11 is 0. The summed E-state index contributed by atoms with van der Waals surface area (Å²) in [5.41, 5.74) is -0.553. The summed E-state index contributed by atoms with van der Waals surface area (Å²) in [4.78, 5) is 14.3. The van der Waals surface area contributed by atoms with Crippen molar-refractivity contribution in [1.82, 2.24) is 10.2 Å². The molecule has 0 aromatic rings. The lowest BCUT2D eigenvalue weighted by Gasteiger charge is -2.37. The van der Waals surface area contributed by atoms with Crippen molar-refractivity contribution in [3.63, 3.8) is 0 Å². The van der Waals surface area contributed by atoms with Crippen LogP contribution < -0.4 is 5.32 Å². The van der Waals surface area contributed by atoms with Crippen molar-refractivity contribution in [3.05, 3.63) is 0 Å². The molecular weight excluding hydrogens is 228 g/mol. The molecule has 1 aliphatic rings. The van der Waals surface area contributed by atoms with Gasteiger partial charge < -0.3 is 15.0 Å². The Morgan fingerprint density at radius 1 is 1.50 bits per heavy atom. The number of esters is 1. The lowest BCUT2D eigenvalue weighted by atomic mass is 9.90. The van der Waals surface area contributed by atoms with E-state index >= 15 is 0 Å². The third-order valence-corrected chi connectivity index (χ3v) is 4.06. The average Bonchev–Trinajstić information content (AvgIpc) is 2.30. The summed E-state index contributed by atoms with van der Waals surface area (Å²) in [6, 6.07) is 0.720. The maximum absolute atomic E-state index is 11.9. The molecule has 4 heteroatoms. The Hall–Kier alpha value is -0.610. The van der Waals surface area contributed by atoms with Crippen molar-refractivity contribution >= 4 is 5.97 Å². The highest BCUT2D eigenvalue weighted by Gasteiger charge is 2.34. The van der Waals surface area contributed by atoms with Gasteiger partial charge in [0.2, 0.25) is 0 Å². The second kappa shape index (κ2) is 7.10. The molecule has 1 rings (SSSR count). The molecule has 18 heavy (non-hydrogen) atoms. The molecule has 4 nitrogen and oxygen atoms in total. The first kappa shape index (κ1) is 15.4. The topological polar surface area (TPSA) is 41.6 Å². The van der Waals surface area contributed by atoms with E-state index in [9.17, 15) is 4.79 Å². The zero-order chi connectivity index (χ0) is 13.6. The molecule has 1 saturated carbocycles. The highest BCUT2D eigenvalue weighted by Crippen LogP contribution is 2.24. The van der Waals surface area contributed by atoms with Crippen LogP contribution in [-0.4, -0.2) is 49.7 Å². The van der Waals surface area contributed by atoms with E-state index in [0.29, 0.717) is 0 Å². The minimum atomic E-state index is -0.553. The number of nitrogens with one attached hydrogen (secondary N) is 1. The number of hydrogen-bond acceptors (Lipinski definition) is 4. The first-order valence-electron chi connectivity index (χ1n) is 7.07. The van der Waals surface area contributed by atoms with Gasteiger partial charge in [-0.15, -0.1) is 0 Å². The number of rotatable bonds is 8. The van der Waals surface area contributed by atoms with Gasteiger partial charge in [0.15, 0.2) is 0 Å². The summed E-state index contributed by atoms with van der Waals surface area (Å²) in [5, 5.41) is 3.33. The van der Waals surface area contributed by atoms with Crippen molar-refractivity contribution in [1.29, 1.82) is 0 Å². The van der Waals surface area contributed by atoms with Crippen LogP contribution in [-0.2, 0) is 9.53 Å². The van der Waals surface area contributed by atoms with E-state index in [-0.39, 0.29) is 5.97 Å². The second-order valence-corrected chi connectivity index (χ2v) is 5.57. The first-order chi connectivity index (χ1) is 8.53. The fourth-order valence-corrected chi connectivity index (χ4v) is 2.30. The van der Waals surface area contributed by atoms with Gasteiger partial charge in [-0.2, -0.15) is 0 Å². The molecular formula is C14H28N2O2. The van der Waals surface area contributed by atoms with Crippen molar-refractivity contribution in [3.8, 4) is 0 Å². The Morgan fingerprint density at radius 3 is 2.61 bits per heavy atom. The van der Waals surface area contributed by atoms with E-state index in [2.05, 4.69) is 24.2 Å². The number of hydrogen-bond donors (Lipinski definition) is 1. The summed E-state index contributed by atoms with van der Waals surface area (Å²) < 4.78 is 4.93. The Bertz CT molecular complexity index is 267. The number of methoxy groups -OCH3 is 1. The quantitative estimate of drug-likeness (QED) is 0.672. The lowest BCUT2D eigenvalue weighted by Crippen LogP contribution is -2.53. The molecule has 0 aromatic heterocycles. The molecule has 0 saturated heterocycles. The summed E-state index contributed by atoms with van der Waals surface area (Å²) in [6.07, 6.45) is 5.76. The number of carbonyl (C=O) groups excluding carboxylic acids is 1. The van der Waals surface area contributed by atoms with Crippen LogP contribution in [0.1, 0.15) is 46.0 Å². The van der Waals surface area contributed by atoms with Crippen molar-refractivity contribution in [2.24, 2.45) is 0 Å². The van der Waals surface area contributed by atoms with Crippen LogP contribution in [0, 0.1) is 0 Å². The number of ether oxygens (including phenoxy) is 1. The smallest absolute Gasteiger partial charge is 0.325 e. The van der Waals surface area contributed by atoms with E-state index in [1.165, 1.54) is 26.4 Å². The van der Waals surface area contributed by atoms with E-state index in [4.69, 9.17) is 4.74 Å². The molecule has 1 fully saturated rings. The van der Waals surface area contributed by atoms with E-state index in [0.717, 1.165) is 32.0 Å². The zero-order valence-electron chi connectivity index (χ0n) is 12.3. The lowest BCUT2D eigenvalue weighted by molar-refractivity contribution is -0.148. The standard InChI is InChI=1S/C14H28N2O2/c1-5-10-15-14(2,13(17)18-4)9-11-16(3)12-7-6-8-12/h12,15H,5-11H2,1-4H3. The largest absolute Gasteiger partial charge is 0.468 e. The van der Waals surface area contributed by atoms with E-state index in [1.807, 2.05) is 6.92 Å². The van der Waals surface area contributed by atoms with Crippen LogP contribution in [0.4, 0.5) is 0 Å². The van der Waals surface area contributed by atoms with Gasteiger partial charge in [-0.3, -0.25) is 4.79 Å². The van der Waals surface area contributed by atoms with E-state index in [1.54, 1.807) is 0 Å². The third-order valence-electron chi connectivity index (χ3n) is 4.06. The summed E-state index contributed by atoms with van der Waals surface area (Å²) in [6.45, 7) is 5.83. The molecule has 1 unspecified atom stereocenters. The molecule has 0 heterocycles. The fourth-order valence-electron chi connectivity index (χ4n) is 2.30. The molecule has 0 radical (unpaired) electrons. The Labute approximate surface area is 111 Å². The van der Waals surface area contributed by atoms with Crippen LogP contribution in [0.3, 0.4) is 0 Å². The highest BCUT2D eigenvalue weighted by molar-refractivity contribution is 5.80. The van der Waals surface area contributed by atoms with Crippen molar-refractivity contribution in [2.45, 2.75) is 57.5 Å². The maximum Gasteiger partial charge on any atom is 0.325 e. The van der Waals surface area contributed by atoms with Crippen LogP contribution in [0.15, 0.2) is 0 Å². The summed E-state index contributed by atoms with van der Waals surface area (Å²) in [7, 11) is 3.62. The van der Waals surface area contributed by atoms with Crippen LogP contribution >= 0.6 is 0 Å². The zero-order valence-corrected chi connectivity index (χ0v) is 12.3. The van der Waals surface area contributed by atoms with Gasteiger partial charge in [0.25, 0.3) is 0 Å². The third kappa shape index (κ3) is 3.95. The average molecular weight is 256 g/mol. The Morgan fingerprint density at radius 2 is 2.17 bits per heavy atom. The van der Waals surface area contributed by atoms with Gasteiger partial charge in [-0.25, -0.2) is 0 Å². The van der Waals surface area contributed by atoms with E-state index < -0.39 is 5.54 Å². The maximum atomic E-state index is 11.9. The predicted molar refractivity (Wildman–Crippen MR) is 73.6 cm³/mol. The van der Waals surface area contributed by atoms with Gasteiger partial charge >= 0.3 is 5.97 Å². The molecule has 0 bridgehead atoms. The van der Waals surface area contributed by atoms with Gasteiger partial charge in [0, 0.05) is 12.6 Å². The highest BCUT2D eigenvalue weighted by atomic mass is 16.5. The Balaban J connectivity index is 2.46. The van der Waals surface area contributed by atoms with Gasteiger partial charge in [-0.05, 0) is 46.2 Å². The molecule has 1 atom stereocenters. The van der Waals surface area contributed by atoms with Crippen LogP contribution in [0.2, 0.25) is 0 Å². The molecule has 0 aliphatic heterocycles. The normalized spacial score (nSPS) is 19.4. The second-order valence-electron chi connectivity index (χ2n) is 5.57. The van der Waals surface area contributed by atoms with Crippen molar-refractivity contribution < 1.29 is 9.53 Å². The van der Waals surface area contributed by atoms with Gasteiger partial charge in [0.05, 0.1) is 7.11 Å². The fraction of sp³-hybridized carbons (Fsp3) is 0.929. The first-order valence-corrected chi connectivity index (χ1v) is 7.07. The monoisotopic (exact) mass is 256 g/mol. The van der Waals surface area contributed by atoms with Crippen molar-refractivity contribution in [2.75, 3.05) is 27.2 Å².